The van der Waals surface area contributed by atoms with Crippen LogP contribution in [-0.4, -0.2) is 15.4 Å². The number of nitro groups is 2. The number of nitrogens with zero attached hydrogens (tertiary/aromatic N) is 2. The van der Waals surface area contributed by atoms with Gasteiger partial charge in [-0.25, -0.2) is 0 Å². The van der Waals surface area contributed by atoms with Crippen LogP contribution in [-0.2, 0) is 0 Å². The van der Waals surface area contributed by atoms with Crippen LogP contribution in [0.2, 0.25) is 0 Å². The molecule has 15 heavy (non-hydrogen) atoms. The zero-order chi connectivity index (χ0) is 11.8. The molecular formula is C9H12N2O4. The fraction of sp³-hybridized carbons (Fsp3) is 0.556. The van der Waals surface area contributed by atoms with E-state index in [0.717, 1.165) is 0 Å². The minimum atomic E-state index is -1.21. The van der Waals surface area contributed by atoms with Crippen LogP contribution in [0.4, 0.5) is 0 Å². The Balaban J connectivity index is 3.21. The van der Waals surface area contributed by atoms with Crippen molar-refractivity contribution < 1.29 is 9.85 Å². The summed E-state index contributed by atoms with van der Waals surface area (Å²) in [6.07, 6.45) is 1.45. The van der Waals surface area contributed by atoms with Gasteiger partial charge in [-0.15, -0.1) is 0 Å². The van der Waals surface area contributed by atoms with E-state index in [9.17, 15) is 20.2 Å². The third kappa shape index (κ3) is 1.88. The van der Waals surface area contributed by atoms with E-state index in [4.69, 9.17) is 0 Å². The molecule has 6 nitrogen and oxygen atoms in total. The minimum Gasteiger partial charge on any atom is -0.264 e. The molecule has 0 saturated carbocycles. The largest absolute Gasteiger partial charge is 0.271 e. The van der Waals surface area contributed by atoms with E-state index in [1.165, 1.54) is 19.9 Å². The van der Waals surface area contributed by atoms with E-state index in [2.05, 4.69) is 0 Å². The predicted octanol–water partition coefficient (Wildman–Crippen LogP) is 1.92. The Morgan fingerprint density at radius 2 is 1.87 bits per heavy atom. The van der Waals surface area contributed by atoms with E-state index in [1.54, 1.807) is 6.92 Å². The van der Waals surface area contributed by atoms with Crippen LogP contribution in [0.3, 0.4) is 0 Å². The van der Waals surface area contributed by atoms with Crippen molar-refractivity contribution in [2.45, 2.75) is 32.7 Å². The Labute approximate surface area is 86.6 Å². The lowest BCUT2D eigenvalue weighted by Gasteiger charge is -2.22. The average Bonchev–Trinajstić information content (AvgIpc) is 2.00. The molecule has 0 aromatic rings. The van der Waals surface area contributed by atoms with Gasteiger partial charge in [0.15, 0.2) is 0 Å². The molecule has 1 aliphatic rings. The maximum Gasteiger partial charge on any atom is 0.271 e. The molecule has 1 atom stereocenters. The van der Waals surface area contributed by atoms with E-state index in [1.807, 2.05) is 0 Å². The molecule has 0 saturated heterocycles. The van der Waals surface area contributed by atoms with Crippen LogP contribution in [0.1, 0.15) is 27.2 Å². The highest BCUT2D eigenvalue weighted by molar-refractivity contribution is 5.35. The number of allylic oxidation sites excluding steroid dienone is 1. The maximum absolute atomic E-state index is 10.8. The van der Waals surface area contributed by atoms with Gasteiger partial charge in [0.2, 0.25) is 5.54 Å². The van der Waals surface area contributed by atoms with Gasteiger partial charge in [-0.1, -0.05) is 0 Å². The summed E-state index contributed by atoms with van der Waals surface area (Å²) < 4.78 is 0. The highest BCUT2D eigenvalue weighted by Gasteiger charge is 2.41. The number of hydrogen-bond donors (Lipinski definition) is 0. The van der Waals surface area contributed by atoms with Crippen LogP contribution in [0.15, 0.2) is 22.9 Å². The second-order valence-electron chi connectivity index (χ2n) is 4.00. The monoisotopic (exact) mass is 212 g/mol. The molecule has 0 aromatic carbocycles. The number of hydrogen-bond acceptors (Lipinski definition) is 4. The summed E-state index contributed by atoms with van der Waals surface area (Å²) in [4.78, 5) is 20.6. The molecule has 0 amide bonds. The topological polar surface area (TPSA) is 86.3 Å². The Bertz CT molecular complexity index is 397. The molecule has 1 rings (SSSR count). The van der Waals surface area contributed by atoms with Crippen LogP contribution in [0.5, 0.6) is 0 Å². The van der Waals surface area contributed by atoms with Gasteiger partial charge >= 0.3 is 0 Å². The fourth-order valence-corrected chi connectivity index (χ4v) is 1.96. The highest BCUT2D eigenvalue weighted by Crippen LogP contribution is 2.33. The van der Waals surface area contributed by atoms with E-state index >= 15 is 0 Å². The van der Waals surface area contributed by atoms with Crippen molar-refractivity contribution in [3.05, 3.63) is 43.1 Å². The Morgan fingerprint density at radius 3 is 2.20 bits per heavy atom. The third-order valence-electron chi connectivity index (χ3n) is 2.53. The van der Waals surface area contributed by atoms with Crippen molar-refractivity contribution in [1.82, 2.24) is 0 Å². The standard InChI is InChI=1S/C9H12N2O4/c1-6-4-9(3,11(14)15)5-7(2)8(6)10(12)13/h4H,5H2,1-3H3. The zero-order valence-electron chi connectivity index (χ0n) is 8.81. The van der Waals surface area contributed by atoms with Gasteiger partial charge in [-0.05, 0) is 13.8 Å². The van der Waals surface area contributed by atoms with Crippen LogP contribution >= 0.6 is 0 Å². The molecule has 0 bridgehead atoms. The first-order chi connectivity index (χ1) is 6.78. The van der Waals surface area contributed by atoms with E-state index < -0.39 is 15.4 Å². The molecule has 0 spiro atoms. The summed E-state index contributed by atoms with van der Waals surface area (Å²) in [7, 11) is 0. The highest BCUT2D eigenvalue weighted by atomic mass is 16.6. The molecule has 1 unspecified atom stereocenters. The smallest absolute Gasteiger partial charge is 0.264 e. The molecule has 0 fully saturated rings. The number of rotatable bonds is 2. The molecule has 1 aliphatic carbocycles. The summed E-state index contributed by atoms with van der Waals surface area (Å²) in [5.74, 6) is 0. The maximum atomic E-state index is 10.8. The molecule has 82 valence electrons. The van der Waals surface area contributed by atoms with Crippen molar-refractivity contribution >= 4 is 0 Å². The molecule has 0 radical (unpaired) electrons. The normalized spacial score (nSPS) is 26.2. The Kier molecular flexibility index (Phi) is 2.61. The van der Waals surface area contributed by atoms with Crippen molar-refractivity contribution in [1.29, 1.82) is 0 Å². The lowest BCUT2D eigenvalue weighted by molar-refractivity contribution is -0.551. The Hall–Kier alpha value is -1.72. The van der Waals surface area contributed by atoms with Gasteiger partial charge in [0.25, 0.3) is 5.70 Å². The second kappa shape index (κ2) is 3.45. The molecule has 0 aromatic heterocycles. The molecular weight excluding hydrogens is 200 g/mol. The SMILES string of the molecule is CC1=CC(C)([N+](=O)[O-])CC(C)=C1[N+](=O)[O-]. The molecule has 0 aliphatic heterocycles. The van der Waals surface area contributed by atoms with Gasteiger partial charge in [0.1, 0.15) is 0 Å². The quantitative estimate of drug-likeness (QED) is 0.516. The van der Waals surface area contributed by atoms with Crippen molar-refractivity contribution in [2.75, 3.05) is 0 Å². The van der Waals surface area contributed by atoms with Crippen molar-refractivity contribution in [2.24, 2.45) is 0 Å². The molecule has 0 N–H and O–H groups in total. The van der Waals surface area contributed by atoms with Crippen LogP contribution < -0.4 is 0 Å². The minimum absolute atomic E-state index is 0.00863. The van der Waals surface area contributed by atoms with E-state index in [-0.39, 0.29) is 12.1 Å². The second-order valence-corrected chi connectivity index (χ2v) is 4.00. The summed E-state index contributed by atoms with van der Waals surface area (Å²) in [6, 6.07) is 0. The van der Waals surface area contributed by atoms with Crippen LogP contribution in [0, 0.1) is 20.2 Å². The van der Waals surface area contributed by atoms with Gasteiger partial charge in [-0.2, -0.15) is 0 Å². The fourth-order valence-electron chi connectivity index (χ4n) is 1.96. The summed E-state index contributed by atoms with van der Waals surface area (Å²) in [6.45, 7) is 4.57. The first-order valence-electron chi connectivity index (χ1n) is 4.46. The molecule has 6 heteroatoms. The van der Waals surface area contributed by atoms with Gasteiger partial charge in [0.05, 0.1) is 4.92 Å². The Morgan fingerprint density at radius 1 is 1.33 bits per heavy atom. The zero-order valence-corrected chi connectivity index (χ0v) is 8.81. The van der Waals surface area contributed by atoms with Crippen LogP contribution in [0.25, 0.3) is 0 Å². The van der Waals surface area contributed by atoms with Crippen molar-refractivity contribution in [3.63, 3.8) is 0 Å². The average molecular weight is 212 g/mol. The lowest BCUT2D eigenvalue weighted by Crippen LogP contribution is -2.36. The first-order valence-corrected chi connectivity index (χ1v) is 4.46. The predicted molar refractivity (Wildman–Crippen MR) is 53.5 cm³/mol. The lowest BCUT2D eigenvalue weighted by atomic mass is 9.85. The summed E-state index contributed by atoms with van der Waals surface area (Å²) >= 11 is 0. The third-order valence-corrected chi connectivity index (χ3v) is 2.53. The van der Waals surface area contributed by atoms with Gasteiger partial charge in [-0.3, -0.25) is 20.2 Å². The first kappa shape index (κ1) is 11.4. The molecule has 0 heterocycles. The summed E-state index contributed by atoms with van der Waals surface area (Å²) in [5, 5.41) is 21.5. The van der Waals surface area contributed by atoms with Gasteiger partial charge < -0.3 is 0 Å². The summed E-state index contributed by atoms with van der Waals surface area (Å²) in [5.41, 5.74) is -0.385. The van der Waals surface area contributed by atoms with E-state index in [0.29, 0.717) is 11.1 Å². The van der Waals surface area contributed by atoms with Gasteiger partial charge in [0, 0.05) is 35.5 Å². The van der Waals surface area contributed by atoms with Crippen molar-refractivity contribution in [3.8, 4) is 0 Å².